The second-order valence-corrected chi connectivity index (χ2v) is 11.1. The second-order valence-electron chi connectivity index (χ2n) is 11.1. The Kier molecular flexibility index (Phi) is 6.46. The van der Waals surface area contributed by atoms with Gasteiger partial charge in [-0.25, -0.2) is 0 Å². The van der Waals surface area contributed by atoms with E-state index in [1.165, 1.54) is 43.2 Å². The summed E-state index contributed by atoms with van der Waals surface area (Å²) < 4.78 is 0. The number of phenolic OH excluding ortho intramolecular Hbond substituents is 1. The number of piperazine rings is 1. The Hall–Kier alpha value is -1.06. The lowest BCUT2D eigenvalue weighted by Crippen LogP contribution is -2.47. The van der Waals surface area contributed by atoms with Gasteiger partial charge in [0.15, 0.2) is 0 Å². The summed E-state index contributed by atoms with van der Waals surface area (Å²) in [5, 5.41) is 15.0. The van der Waals surface area contributed by atoms with Crippen LogP contribution in [0.2, 0.25) is 0 Å². The van der Waals surface area contributed by atoms with E-state index < -0.39 is 0 Å². The molecular formula is C25H42N2O. The molecule has 28 heavy (non-hydrogen) atoms. The van der Waals surface area contributed by atoms with Crippen LogP contribution in [-0.4, -0.2) is 36.2 Å². The molecule has 3 heteroatoms. The molecule has 3 rings (SSSR count). The van der Waals surface area contributed by atoms with Crippen LogP contribution in [0.25, 0.3) is 0 Å². The molecule has 0 unspecified atom stereocenters. The molecule has 0 bridgehead atoms. The Bertz CT molecular complexity index is 638. The Morgan fingerprint density at radius 3 is 2.07 bits per heavy atom. The maximum atomic E-state index is 11.5. The molecule has 1 atom stereocenters. The molecule has 1 aromatic carbocycles. The highest BCUT2D eigenvalue weighted by Crippen LogP contribution is 2.46. The van der Waals surface area contributed by atoms with Gasteiger partial charge in [-0.1, -0.05) is 66.9 Å². The molecular weight excluding hydrogens is 344 g/mol. The van der Waals surface area contributed by atoms with E-state index in [4.69, 9.17) is 0 Å². The fourth-order valence-electron chi connectivity index (χ4n) is 5.05. The third-order valence-corrected chi connectivity index (χ3v) is 6.77. The van der Waals surface area contributed by atoms with Gasteiger partial charge in [-0.15, -0.1) is 0 Å². The molecule has 3 nitrogen and oxygen atoms in total. The van der Waals surface area contributed by atoms with Crippen LogP contribution in [0.5, 0.6) is 5.75 Å². The molecule has 0 amide bonds. The van der Waals surface area contributed by atoms with Gasteiger partial charge in [0.1, 0.15) is 5.75 Å². The third kappa shape index (κ3) is 4.74. The maximum absolute atomic E-state index is 11.5. The first kappa shape index (κ1) is 21.6. The molecule has 0 aromatic heterocycles. The highest BCUT2D eigenvalue weighted by atomic mass is 16.3. The van der Waals surface area contributed by atoms with Crippen LogP contribution in [0.1, 0.15) is 96.4 Å². The minimum atomic E-state index is -0.0688. The van der Waals surface area contributed by atoms with E-state index in [9.17, 15) is 5.11 Å². The van der Waals surface area contributed by atoms with E-state index in [0.29, 0.717) is 17.7 Å². The molecule has 2 aliphatic rings. The van der Waals surface area contributed by atoms with Gasteiger partial charge in [-0.2, -0.15) is 0 Å². The summed E-state index contributed by atoms with van der Waals surface area (Å²) in [5.74, 6) is 1.20. The number of nitrogens with zero attached hydrogens (tertiary/aromatic N) is 1. The van der Waals surface area contributed by atoms with Crippen molar-refractivity contribution in [1.82, 2.24) is 10.2 Å². The summed E-state index contributed by atoms with van der Waals surface area (Å²) in [7, 11) is 0. The Balaban J connectivity index is 2.14. The van der Waals surface area contributed by atoms with Crippen LogP contribution in [0.4, 0.5) is 0 Å². The summed E-state index contributed by atoms with van der Waals surface area (Å²) in [6.45, 7) is 17.8. The minimum absolute atomic E-state index is 0.0688. The molecule has 1 aromatic rings. The van der Waals surface area contributed by atoms with Crippen LogP contribution in [0.15, 0.2) is 12.1 Å². The SMILES string of the molecule is CC(C)(C)c1cc([C@@H](C2CCCCC2)N2CCNCC2)c(O)c(C(C)(C)C)c1. The third-order valence-electron chi connectivity index (χ3n) is 6.77. The molecule has 0 radical (unpaired) electrons. The molecule has 0 spiro atoms. The first-order valence-electron chi connectivity index (χ1n) is 11.4. The number of hydrogen-bond acceptors (Lipinski definition) is 3. The van der Waals surface area contributed by atoms with Crippen molar-refractivity contribution >= 4 is 0 Å². The molecule has 158 valence electrons. The van der Waals surface area contributed by atoms with E-state index in [-0.39, 0.29) is 10.8 Å². The quantitative estimate of drug-likeness (QED) is 0.718. The van der Waals surface area contributed by atoms with Crippen molar-refractivity contribution in [3.63, 3.8) is 0 Å². The van der Waals surface area contributed by atoms with Gasteiger partial charge in [0.05, 0.1) is 0 Å². The summed E-state index contributed by atoms with van der Waals surface area (Å²) in [5.41, 5.74) is 3.64. The van der Waals surface area contributed by atoms with Crippen molar-refractivity contribution in [2.45, 2.75) is 90.5 Å². The van der Waals surface area contributed by atoms with Crippen LogP contribution < -0.4 is 5.32 Å². The number of rotatable bonds is 3. The fraction of sp³-hybridized carbons (Fsp3) is 0.760. The lowest BCUT2D eigenvalue weighted by Gasteiger charge is -2.42. The first-order valence-corrected chi connectivity index (χ1v) is 11.4. The fourth-order valence-corrected chi connectivity index (χ4v) is 5.05. The van der Waals surface area contributed by atoms with Crippen molar-refractivity contribution in [3.8, 4) is 5.75 Å². The van der Waals surface area contributed by atoms with Gasteiger partial charge in [0, 0.05) is 37.8 Å². The number of hydrogen-bond donors (Lipinski definition) is 2. The average Bonchev–Trinajstić information content (AvgIpc) is 2.63. The van der Waals surface area contributed by atoms with Crippen LogP contribution in [0, 0.1) is 5.92 Å². The summed E-state index contributed by atoms with van der Waals surface area (Å²) in [6.07, 6.45) is 6.61. The van der Waals surface area contributed by atoms with Crippen molar-refractivity contribution in [3.05, 3.63) is 28.8 Å². The van der Waals surface area contributed by atoms with Gasteiger partial charge in [-0.05, 0) is 46.8 Å². The largest absolute Gasteiger partial charge is 0.507 e. The average molecular weight is 387 g/mol. The molecule has 1 aliphatic carbocycles. The van der Waals surface area contributed by atoms with E-state index >= 15 is 0 Å². The lowest BCUT2D eigenvalue weighted by molar-refractivity contribution is 0.101. The van der Waals surface area contributed by atoms with E-state index in [1.807, 2.05) is 0 Å². The number of phenols is 1. The Morgan fingerprint density at radius 1 is 0.929 bits per heavy atom. The second kappa shape index (κ2) is 8.36. The zero-order chi connectivity index (χ0) is 20.5. The Morgan fingerprint density at radius 2 is 1.54 bits per heavy atom. The highest BCUT2D eigenvalue weighted by Gasteiger charge is 2.35. The standard InChI is InChI=1S/C25H42N2O/c1-24(2,3)19-16-20(23(28)21(17-19)25(4,5)6)22(18-10-8-7-9-11-18)27-14-12-26-13-15-27/h16-18,22,26,28H,7-15H2,1-6H3/t22-/m1/s1. The molecule has 1 saturated heterocycles. The molecule has 1 heterocycles. The van der Waals surface area contributed by atoms with E-state index in [2.05, 4.69) is 63.9 Å². The predicted molar refractivity (Wildman–Crippen MR) is 119 cm³/mol. The summed E-state index contributed by atoms with van der Waals surface area (Å²) >= 11 is 0. The summed E-state index contributed by atoms with van der Waals surface area (Å²) in [6, 6.07) is 4.94. The van der Waals surface area contributed by atoms with Crippen molar-refractivity contribution in [2.75, 3.05) is 26.2 Å². The monoisotopic (exact) mass is 386 g/mol. The molecule has 1 aliphatic heterocycles. The predicted octanol–water partition coefficient (Wildman–Crippen LogP) is 5.51. The topological polar surface area (TPSA) is 35.5 Å². The van der Waals surface area contributed by atoms with Gasteiger partial charge in [-0.3, -0.25) is 4.90 Å². The van der Waals surface area contributed by atoms with Gasteiger partial charge < -0.3 is 10.4 Å². The van der Waals surface area contributed by atoms with Crippen molar-refractivity contribution in [1.29, 1.82) is 0 Å². The zero-order valence-corrected chi connectivity index (χ0v) is 19.1. The van der Waals surface area contributed by atoms with Crippen molar-refractivity contribution < 1.29 is 5.11 Å². The lowest BCUT2D eigenvalue weighted by atomic mass is 9.74. The van der Waals surface area contributed by atoms with Gasteiger partial charge >= 0.3 is 0 Å². The van der Waals surface area contributed by atoms with Gasteiger partial charge in [0.25, 0.3) is 0 Å². The highest BCUT2D eigenvalue weighted by molar-refractivity contribution is 5.50. The normalized spacial score (nSPS) is 21.6. The minimum Gasteiger partial charge on any atom is -0.507 e. The Labute approximate surface area is 172 Å². The van der Waals surface area contributed by atoms with E-state index in [0.717, 1.165) is 31.7 Å². The summed E-state index contributed by atoms with van der Waals surface area (Å²) in [4.78, 5) is 2.65. The molecule has 2 fully saturated rings. The number of benzene rings is 1. The van der Waals surface area contributed by atoms with Gasteiger partial charge in [0.2, 0.25) is 0 Å². The first-order chi connectivity index (χ1) is 13.1. The molecule has 2 N–H and O–H groups in total. The smallest absolute Gasteiger partial charge is 0.124 e. The van der Waals surface area contributed by atoms with Crippen LogP contribution >= 0.6 is 0 Å². The number of aromatic hydroxyl groups is 1. The van der Waals surface area contributed by atoms with Crippen molar-refractivity contribution in [2.24, 2.45) is 5.92 Å². The maximum Gasteiger partial charge on any atom is 0.124 e. The molecule has 1 saturated carbocycles. The van der Waals surface area contributed by atoms with Crippen LogP contribution in [0.3, 0.4) is 0 Å². The van der Waals surface area contributed by atoms with E-state index in [1.54, 1.807) is 0 Å². The van der Waals surface area contributed by atoms with Crippen LogP contribution in [-0.2, 0) is 10.8 Å². The number of nitrogens with one attached hydrogen (secondary N) is 1. The zero-order valence-electron chi connectivity index (χ0n) is 19.1.